The molecule has 41 heavy (non-hydrogen) atoms. The second-order valence-electron chi connectivity index (χ2n) is 10.2. The van der Waals surface area contributed by atoms with E-state index in [9.17, 15) is 18.0 Å². The summed E-state index contributed by atoms with van der Waals surface area (Å²) in [6.45, 7) is 3.82. The maximum atomic E-state index is 12.9. The van der Waals surface area contributed by atoms with E-state index < -0.39 is 6.36 Å². The molecule has 2 aromatic carbocycles. The highest BCUT2D eigenvalue weighted by Gasteiger charge is 2.31. The van der Waals surface area contributed by atoms with Gasteiger partial charge in [-0.25, -0.2) is 9.50 Å². The van der Waals surface area contributed by atoms with Gasteiger partial charge < -0.3 is 15.0 Å². The maximum Gasteiger partial charge on any atom is 0.573 e. The summed E-state index contributed by atoms with van der Waals surface area (Å²) in [5, 5.41) is 8.42. The third-order valence-electron chi connectivity index (χ3n) is 7.54. The van der Waals surface area contributed by atoms with E-state index >= 15 is 0 Å². The van der Waals surface area contributed by atoms with Crippen molar-refractivity contribution in [2.24, 2.45) is 0 Å². The van der Waals surface area contributed by atoms with Crippen molar-refractivity contribution < 1.29 is 22.7 Å². The summed E-state index contributed by atoms with van der Waals surface area (Å²) in [5.74, 6) is 0.807. The molecule has 0 spiro atoms. The normalized spacial score (nSPS) is 14.5. The summed E-state index contributed by atoms with van der Waals surface area (Å²) < 4.78 is 43.0. The van der Waals surface area contributed by atoms with Gasteiger partial charge in [0.15, 0.2) is 0 Å². The number of alkyl halides is 3. The average Bonchev–Trinajstić information content (AvgIpc) is 3.31. The molecule has 0 saturated carbocycles. The number of nitrogens with one attached hydrogen (secondary N) is 1. The second-order valence-corrected chi connectivity index (χ2v) is 10.2. The number of anilines is 1. The van der Waals surface area contributed by atoms with Crippen LogP contribution in [-0.4, -0.2) is 40.0 Å². The summed E-state index contributed by atoms with van der Waals surface area (Å²) in [4.78, 5) is 20.1. The zero-order chi connectivity index (χ0) is 28.6. The monoisotopic (exact) mass is 559 g/mol. The highest BCUT2D eigenvalue weighted by atomic mass is 19.4. The van der Waals surface area contributed by atoms with Crippen LogP contribution in [-0.2, 0) is 6.54 Å². The summed E-state index contributed by atoms with van der Waals surface area (Å²) in [5.41, 5.74) is 4.90. The van der Waals surface area contributed by atoms with Crippen molar-refractivity contribution >= 4 is 28.1 Å². The lowest BCUT2D eigenvalue weighted by Crippen LogP contribution is -2.33. The fourth-order valence-corrected chi connectivity index (χ4v) is 5.50. The predicted octanol–water partition coefficient (Wildman–Crippen LogP) is 6.40. The van der Waals surface area contributed by atoms with E-state index in [0.717, 1.165) is 59.3 Å². The molecular weight excluding hydrogens is 531 g/mol. The fourth-order valence-electron chi connectivity index (χ4n) is 5.50. The standard InChI is InChI=1S/C31H28F3N5O2/c1-20-29(27-4-2-3-15-39(27)37-20)30(40)35-19-21-5-11-26-24(18-21)8-12-28(36-26)38-16-13-23(14-17-38)22-6-9-25(10-7-22)41-31(32,33)34/h2-12,15,18,23H,13-14,16-17,19H2,1H3,(H,35,40). The zero-order valence-corrected chi connectivity index (χ0v) is 22.4. The Hall–Kier alpha value is -4.60. The number of nitrogens with zero attached hydrogens (tertiary/aromatic N) is 4. The van der Waals surface area contributed by atoms with Crippen LogP contribution in [0, 0.1) is 6.92 Å². The average molecular weight is 560 g/mol. The van der Waals surface area contributed by atoms with E-state index in [4.69, 9.17) is 4.98 Å². The van der Waals surface area contributed by atoms with Crippen LogP contribution in [0.4, 0.5) is 19.0 Å². The Morgan fingerprint density at radius 2 is 1.80 bits per heavy atom. The van der Waals surface area contributed by atoms with Gasteiger partial charge in [0.2, 0.25) is 0 Å². The first-order chi connectivity index (χ1) is 19.7. The molecule has 5 aromatic rings. The number of aromatic nitrogens is 3. The van der Waals surface area contributed by atoms with Crippen molar-refractivity contribution in [3.05, 3.63) is 101 Å². The Kier molecular flexibility index (Phi) is 6.98. The molecule has 1 amide bonds. The molecule has 1 aliphatic heterocycles. The van der Waals surface area contributed by atoms with Gasteiger partial charge in [-0.15, -0.1) is 13.2 Å². The fraction of sp³-hybridized carbons (Fsp3) is 0.258. The molecule has 4 heterocycles. The van der Waals surface area contributed by atoms with Crippen LogP contribution in [0.2, 0.25) is 0 Å². The summed E-state index contributed by atoms with van der Waals surface area (Å²) in [7, 11) is 0. The number of hydrogen-bond acceptors (Lipinski definition) is 5. The van der Waals surface area contributed by atoms with Gasteiger partial charge in [-0.1, -0.05) is 24.3 Å². The number of benzene rings is 2. The van der Waals surface area contributed by atoms with Crippen molar-refractivity contribution in [1.82, 2.24) is 19.9 Å². The number of rotatable bonds is 6. The quantitative estimate of drug-likeness (QED) is 0.261. The van der Waals surface area contributed by atoms with Crippen LogP contribution in [0.25, 0.3) is 16.4 Å². The molecule has 0 atom stereocenters. The van der Waals surface area contributed by atoms with Gasteiger partial charge in [0.25, 0.3) is 5.91 Å². The van der Waals surface area contributed by atoms with Crippen LogP contribution in [0.15, 0.2) is 79.0 Å². The third-order valence-corrected chi connectivity index (χ3v) is 7.54. The molecule has 7 nitrogen and oxygen atoms in total. The van der Waals surface area contributed by atoms with E-state index in [1.807, 2.05) is 61.7 Å². The van der Waals surface area contributed by atoms with Crippen molar-refractivity contribution in [2.45, 2.75) is 38.6 Å². The van der Waals surface area contributed by atoms with Gasteiger partial charge in [0.05, 0.1) is 22.3 Å². The molecule has 0 aliphatic carbocycles. The van der Waals surface area contributed by atoms with E-state index in [1.165, 1.54) is 12.1 Å². The molecule has 1 fully saturated rings. The largest absolute Gasteiger partial charge is 0.573 e. The lowest BCUT2D eigenvalue weighted by molar-refractivity contribution is -0.274. The molecule has 3 aromatic heterocycles. The number of aryl methyl sites for hydroxylation is 1. The van der Waals surface area contributed by atoms with E-state index in [2.05, 4.69) is 20.1 Å². The van der Waals surface area contributed by atoms with Crippen molar-refractivity contribution in [1.29, 1.82) is 0 Å². The summed E-state index contributed by atoms with van der Waals surface area (Å²) in [6, 6.07) is 21.9. The van der Waals surface area contributed by atoms with E-state index in [0.29, 0.717) is 17.8 Å². The summed E-state index contributed by atoms with van der Waals surface area (Å²) in [6.07, 6.45) is -1.11. The number of piperidine rings is 1. The molecule has 1 aliphatic rings. The number of amides is 1. The molecule has 210 valence electrons. The highest BCUT2D eigenvalue weighted by Crippen LogP contribution is 2.32. The Morgan fingerprint density at radius 3 is 2.56 bits per heavy atom. The number of fused-ring (bicyclic) bond motifs is 2. The number of carbonyl (C=O) groups is 1. The van der Waals surface area contributed by atoms with Gasteiger partial charge in [-0.2, -0.15) is 5.10 Å². The SMILES string of the molecule is Cc1nn2ccccc2c1C(=O)NCc1ccc2nc(N3CCC(c4ccc(OC(F)(F)F)cc4)CC3)ccc2c1. The van der Waals surface area contributed by atoms with Crippen molar-refractivity contribution in [3.8, 4) is 5.75 Å². The Bertz CT molecular complexity index is 1710. The predicted molar refractivity (Wildman–Crippen MR) is 150 cm³/mol. The Morgan fingerprint density at radius 1 is 1.02 bits per heavy atom. The number of pyridine rings is 2. The number of carbonyl (C=O) groups excluding carboxylic acids is 1. The van der Waals surface area contributed by atoms with Crippen LogP contribution < -0.4 is 15.0 Å². The third kappa shape index (κ3) is 5.82. The molecule has 0 unspecified atom stereocenters. The minimum absolute atomic E-state index is 0.161. The minimum Gasteiger partial charge on any atom is -0.406 e. The molecule has 1 saturated heterocycles. The number of ether oxygens (including phenoxy) is 1. The van der Waals surface area contributed by atoms with E-state index in [1.54, 1.807) is 16.6 Å². The second kappa shape index (κ2) is 10.8. The maximum absolute atomic E-state index is 12.9. The minimum atomic E-state index is -4.69. The molecule has 1 N–H and O–H groups in total. The van der Waals surface area contributed by atoms with Gasteiger partial charge in [0, 0.05) is 31.2 Å². The van der Waals surface area contributed by atoms with Crippen LogP contribution in [0.3, 0.4) is 0 Å². The Balaban J connectivity index is 1.07. The van der Waals surface area contributed by atoms with Gasteiger partial charge in [0.1, 0.15) is 11.6 Å². The molecular formula is C31H28F3N5O2. The molecule has 6 rings (SSSR count). The first-order valence-electron chi connectivity index (χ1n) is 13.5. The van der Waals surface area contributed by atoms with Crippen molar-refractivity contribution in [3.63, 3.8) is 0 Å². The first-order valence-corrected chi connectivity index (χ1v) is 13.5. The van der Waals surface area contributed by atoms with Crippen LogP contribution in [0.5, 0.6) is 5.75 Å². The van der Waals surface area contributed by atoms with Gasteiger partial charge in [-0.05, 0) is 85.3 Å². The lowest BCUT2D eigenvalue weighted by Gasteiger charge is -2.33. The Labute approximate surface area is 234 Å². The molecule has 0 bridgehead atoms. The topological polar surface area (TPSA) is 71.8 Å². The van der Waals surface area contributed by atoms with Crippen LogP contribution >= 0.6 is 0 Å². The lowest BCUT2D eigenvalue weighted by atomic mass is 9.89. The van der Waals surface area contributed by atoms with Gasteiger partial charge in [-0.3, -0.25) is 4.79 Å². The first kappa shape index (κ1) is 26.6. The van der Waals surface area contributed by atoms with E-state index in [-0.39, 0.29) is 17.6 Å². The highest BCUT2D eigenvalue weighted by molar-refractivity contribution is 6.02. The zero-order valence-electron chi connectivity index (χ0n) is 22.4. The smallest absolute Gasteiger partial charge is 0.406 e. The van der Waals surface area contributed by atoms with Gasteiger partial charge >= 0.3 is 6.36 Å². The number of hydrogen-bond donors (Lipinski definition) is 1. The summed E-state index contributed by atoms with van der Waals surface area (Å²) >= 11 is 0. The molecule has 0 radical (unpaired) electrons. The van der Waals surface area contributed by atoms with Crippen molar-refractivity contribution in [2.75, 3.05) is 18.0 Å². The molecule has 10 heteroatoms. The van der Waals surface area contributed by atoms with Crippen LogP contribution in [0.1, 0.15) is 45.9 Å². The number of halogens is 3.